The van der Waals surface area contributed by atoms with E-state index in [0.29, 0.717) is 11.8 Å². The molecule has 0 heterocycles. The van der Waals surface area contributed by atoms with Gasteiger partial charge in [-0.3, -0.25) is 0 Å². The lowest BCUT2D eigenvalue weighted by Crippen LogP contribution is -2.38. The molecule has 0 aromatic heterocycles. The van der Waals surface area contributed by atoms with E-state index in [1.807, 2.05) is 6.07 Å². The number of benzene rings is 3. The highest BCUT2D eigenvalue weighted by Gasteiger charge is 2.52. The number of rotatable bonds is 0. The Labute approximate surface area is 170 Å². The summed E-state index contributed by atoms with van der Waals surface area (Å²) in [6.45, 7) is 0. The van der Waals surface area contributed by atoms with Gasteiger partial charge in [-0.2, -0.15) is 0 Å². The van der Waals surface area contributed by atoms with Gasteiger partial charge in [0.15, 0.2) is 0 Å². The quantitative estimate of drug-likeness (QED) is 0.393. The normalized spacial score (nSPS) is 25.8. The molecule has 0 fully saturated rings. The molecule has 0 amide bonds. The van der Waals surface area contributed by atoms with Gasteiger partial charge >= 0.3 is 0 Å². The van der Waals surface area contributed by atoms with E-state index in [1.54, 1.807) is 0 Å². The van der Waals surface area contributed by atoms with Gasteiger partial charge in [-0.25, -0.2) is 0 Å². The van der Waals surface area contributed by atoms with E-state index in [9.17, 15) is 0 Å². The van der Waals surface area contributed by atoms with Crippen LogP contribution in [0, 0.1) is 11.8 Å². The summed E-state index contributed by atoms with van der Waals surface area (Å²) in [5.41, 5.74) is 7.79. The highest BCUT2D eigenvalue weighted by Crippen LogP contribution is 2.60. The lowest BCUT2D eigenvalue weighted by atomic mass is 9.60. The molecule has 3 atom stereocenters. The molecule has 0 aliphatic heterocycles. The third-order valence-corrected chi connectivity index (χ3v) is 6.84. The van der Waals surface area contributed by atoms with Crippen LogP contribution in [0.3, 0.4) is 0 Å². The van der Waals surface area contributed by atoms with Crippen molar-refractivity contribution in [3.8, 4) is 11.1 Å². The Balaban J connectivity index is 1.81. The number of allylic oxidation sites excluding steroid dienone is 5. The van der Waals surface area contributed by atoms with E-state index in [2.05, 4.69) is 97.1 Å². The summed E-state index contributed by atoms with van der Waals surface area (Å²) < 4.78 is 0. The molecule has 3 unspecified atom stereocenters. The molecule has 0 radical (unpaired) electrons. The first-order chi connectivity index (χ1) is 13.8. The first-order valence-electron chi connectivity index (χ1n) is 9.83. The first-order valence-corrected chi connectivity index (χ1v) is 10.2. The minimum absolute atomic E-state index is 0.220. The van der Waals surface area contributed by atoms with Crippen LogP contribution in [0.1, 0.15) is 22.3 Å². The number of hydrogen-bond donors (Lipinski definition) is 0. The Morgan fingerprint density at radius 3 is 2.36 bits per heavy atom. The van der Waals surface area contributed by atoms with Crippen molar-refractivity contribution in [1.29, 1.82) is 0 Å². The van der Waals surface area contributed by atoms with Crippen LogP contribution in [0.15, 0.2) is 97.1 Å². The minimum atomic E-state index is -0.220. The van der Waals surface area contributed by atoms with Crippen LogP contribution in [-0.2, 0) is 5.41 Å². The fourth-order valence-corrected chi connectivity index (χ4v) is 5.75. The Hall–Kier alpha value is -2.83. The molecule has 1 spiro atoms. The summed E-state index contributed by atoms with van der Waals surface area (Å²) in [4.78, 5) is 0. The van der Waals surface area contributed by atoms with E-state index < -0.39 is 0 Å². The highest BCUT2D eigenvalue weighted by molar-refractivity contribution is 6.31. The molecule has 0 bridgehead atoms. The maximum absolute atomic E-state index is 6.45. The van der Waals surface area contributed by atoms with Crippen LogP contribution < -0.4 is 0 Å². The third kappa shape index (κ3) is 1.96. The van der Waals surface area contributed by atoms with Gasteiger partial charge in [-0.05, 0) is 45.5 Å². The van der Waals surface area contributed by atoms with Crippen LogP contribution >= 0.6 is 11.6 Å². The summed E-state index contributed by atoms with van der Waals surface area (Å²) in [5, 5.41) is 0.793. The summed E-state index contributed by atoms with van der Waals surface area (Å²) in [7, 11) is 0. The molecule has 3 aromatic rings. The maximum Gasteiger partial charge on any atom is 0.0540 e. The average molecular weight is 379 g/mol. The summed E-state index contributed by atoms with van der Waals surface area (Å²) in [6.07, 6.45) is 13.8. The molecule has 3 aliphatic rings. The van der Waals surface area contributed by atoms with E-state index in [1.165, 1.54) is 33.4 Å². The molecule has 0 nitrogen and oxygen atoms in total. The first kappa shape index (κ1) is 16.2. The van der Waals surface area contributed by atoms with Crippen molar-refractivity contribution in [2.24, 2.45) is 11.8 Å². The topological polar surface area (TPSA) is 0 Å². The molecular formula is C27H19Cl. The molecule has 3 aromatic carbocycles. The van der Waals surface area contributed by atoms with Crippen LogP contribution in [0.2, 0.25) is 5.02 Å². The van der Waals surface area contributed by atoms with Crippen molar-refractivity contribution < 1.29 is 0 Å². The number of fused-ring (bicyclic) bond motifs is 9. The molecule has 3 aliphatic carbocycles. The summed E-state index contributed by atoms with van der Waals surface area (Å²) in [5.74, 6) is 0.674. The predicted octanol–water partition coefficient (Wildman–Crippen LogP) is 7.04. The molecule has 0 saturated heterocycles. The highest BCUT2D eigenvalue weighted by atomic mass is 35.5. The molecule has 6 rings (SSSR count). The van der Waals surface area contributed by atoms with Gasteiger partial charge in [0.05, 0.1) is 5.41 Å². The van der Waals surface area contributed by atoms with Gasteiger partial charge in [0.1, 0.15) is 0 Å². The zero-order valence-corrected chi connectivity index (χ0v) is 16.1. The van der Waals surface area contributed by atoms with E-state index in [0.717, 1.165) is 5.02 Å². The van der Waals surface area contributed by atoms with Crippen molar-refractivity contribution in [3.63, 3.8) is 0 Å². The van der Waals surface area contributed by atoms with Crippen molar-refractivity contribution in [3.05, 3.63) is 124 Å². The third-order valence-electron chi connectivity index (χ3n) is 6.61. The van der Waals surface area contributed by atoms with Crippen molar-refractivity contribution in [2.75, 3.05) is 0 Å². The average Bonchev–Trinajstić information content (AvgIpc) is 2.93. The fourth-order valence-electron chi connectivity index (χ4n) is 5.58. The van der Waals surface area contributed by atoms with Gasteiger partial charge < -0.3 is 0 Å². The SMILES string of the molecule is Clc1ccc2c(c1)-c1ccccc1C21c2ccccc2C=CC2C=CC=CC21. The summed E-state index contributed by atoms with van der Waals surface area (Å²) in [6, 6.07) is 24.2. The molecule has 134 valence electrons. The Bertz CT molecular complexity index is 1200. The van der Waals surface area contributed by atoms with E-state index in [-0.39, 0.29) is 5.41 Å². The van der Waals surface area contributed by atoms with Gasteiger partial charge in [-0.1, -0.05) is 103 Å². The van der Waals surface area contributed by atoms with Crippen molar-refractivity contribution in [1.82, 2.24) is 0 Å². The zero-order chi connectivity index (χ0) is 18.7. The molecule has 28 heavy (non-hydrogen) atoms. The second-order valence-electron chi connectivity index (χ2n) is 7.86. The zero-order valence-electron chi connectivity index (χ0n) is 15.3. The number of halogens is 1. The second kappa shape index (κ2) is 5.83. The fraction of sp³-hybridized carbons (Fsp3) is 0.111. The van der Waals surface area contributed by atoms with Crippen LogP contribution in [0.5, 0.6) is 0 Å². The van der Waals surface area contributed by atoms with E-state index in [4.69, 9.17) is 11.6 Å². The Kier molecular flexibility index (Phi) is 3.36. The Morgan fingerprint density at radius 2 is 1.43 bits per heavy atom. The van der Waals surface area contributed by atoms with Gasteiger partial charge in [0, 0.05) is 16.9 Å². The standard InChI is InChI=1S/C27H19Cl/c28-20-15-16-26-22(17-20)21-9-3-6-12-25(21)27(26)23-10-4-1-7-18(23)13-14-19-8-2-5-11-24(19)27/h1-18,23H. The van der Waals surface area contributed by atoms with Gasteiger partial charge in [0.25, 0.3) is 0 Å². The van der Waals surface area contributed by atoms with Gasteiger partial charge in [-0.15, -0.1) is 0 Å². The largest absolute Gasteiger partial charge is 0.0843 e. The van der Waals surface area contributed by atoms with Crippen molar-refractivity contribution in [2.45, 2.75) is 5.41 Å². The minimum Gasteiger partial charge on any atom is -0.0843 e. The summed E-state index contributed by atoms with van der Waals surface area (Å²) >= 11 is 6.45. The monoisotopic (exact) mass is 378 g/mol. The van der Waals surface area contributed by atoms with Crippen LogP contribution in [-0.4, -0.2) is 0 Å². The maximum atomic E-state index is 6.45. The lowest BCUT2D eigenvalue weighted by molar-refractivity contribution is 0.403. The smallest absolute Gasteiger partial charge is 0.0540 e. The van der Waals surface area contributed by atoms with Gasteiger partial charge in [0.2, 0.25) is 0 Å². The molecule has 0 saturated carbocycles. The molecule has 1 heteroatoms. The molecular weight excluding hydrogens is 360 g/mol. The van der Waals surface area contributed by atoms with Crippen LogP contribution in [0.25, 0.3) is 17.2 Å². The van der Waals surface area contributed by atoms with E-state index >= 15 is 0 Å². The Morgan fingerprint density at radius 1 is 0.679 bits per heavy atom. The van der Waals surface area contributed by atoms with Crippen molar-refractivity contribution >= 4 is 17.7 Å². The van der Waals surface area contributed by atoms with Crippen LogP contribution in [0.4, 0.5) is 0 Å². The second-order valence-corrected chi connectivity index (χ2v) is 8.30. The lowest BCUT2D eigenvalue weighted by Gasteiger charge is -2.42. The number of hydrogen-bond acceptors (Lipinski definition) is 0. The predicted molar refractivity (Wildman–Crippen MR) is 118 cm³/mol. The molecule has 0 N–H and O–H groups in total.